The molecule has 1 aromatic carbocycles. The van der Waals surface area contributed by atoms with E-state index in [1.165, 1.54) is 12.1 Å². The number of hydrogen-bond acceptors (Lipinski definition) is 2. The second kappa shape index (κ2) is 7.07. The van der Waals surface area contributed by atoms with Crippen LogP contribution in [0.15, 0.2) is 24.3 Å². The molecule has 0 saturated heterocycles. The fourth-order valence-electron chi connectivity index (χ4n) is 1.68. The first kappa shape index (κ1) is 15.4. The number of rotatable bonds is 6. The zero-order chi connectivity index (χ0) is 14.4. The van der Waals surface area contributed by atoms with Gasteiger partial charge >= 0.3 is 6.61 Å². The van der Waals surface area contributed by atoms with Gasteiger partial charge in [0.25, 0.3) is 0 Å². The van der Waals surface area contributed by atoms with Crippen molar-refractivity contribution in [1.82, 2.24) is 4.90 Å². The van der Waals surface area contributed by atoms with Crippen LogP contribution in [0.1, 0.15) is 25.8 Å². The van der Waals surface area contributed by atoms with Crippen LogP contribution in [0, 0.1) is 5.92 Å². The van der Waals surface area contributed by atoms with Gasteiger partial charge < -0.3 is 9.64 Å². The topological polar surface area (TPSA) is 29.5 Å². The van der Waals surface area contributed by atoms with Crippen LogP contribution < -0.4 is 4.74 Å². The largest absolute Gasteiger partial charge is 0.435 e. The first-order valence-electron chi connectivity index (χ1n) is 6.22. The van der Waals surface area contributed by atoms with Gasteiger partial charge in [-0.2, -0.15) is 8.78 Å². The van der Waals surface area contributed by atoms with Gasteiger partial charge in [0, 0.05) is 19.5 Å². The molecule has 3 nitrogen and oxygen atoms in total. The van der Waals surface area contributed by atoms with Crippen molar-refractivity contribution in [2.24, 2.45) is 5.92 Å². The SMILES string of the molecule is CCC(C)C(=O)N(C)Cc1ccc(OC(F)F)cc1. The van der Waals surface area contributed by atoms with Gasteiger partial charge in [-0.05, 0) is 24.1 Å². The normalized spacial score (nSPS) is 12.3. The second-order valence-corrected chi connectivity index (χ2v) is 4.53. The lowest BCUT2D eigenvalue weighted by Crippen LogP contribution is -2.30. The zero-order valence-electron chi connectivity index (χ0n) is 11.4. The maximum absolute atomic E-state index is 12.0. The molecule has 0 spiro atoms. The van der Waals surface area contributed by atoms with Crippen LogP contribution in [0.3, 0.4) is 0 Å². The van der Waals surface area contributed by atoms with Crippen LogP contribution in [0.4, 0.5) is 8.78 Å². The van der Waals surface area contributed by atoms with Gasteiger partial charge in [0.2, 0.25) is 5.91 Å². The third kappa shape index (κ3) is 4.85. The van der Waals surface area contributed by atoms with Gasteiger partial charge in [-0.1, -0.05) is 26.0 Å². The molecule has 1 rings (SSSR count). The van der Waals surface area contributed by atoms with Crippen molar-refractivity contribution >= 4 is 5.91 Å². The molecule has 0 aliphatic carbocycles. The van der Waals surface area contributed by atoms with E-state index in [0.717, 1.165) is 12.0 Å². The lowest BCUT2D eigenvalue weighted by atomic mass is 10.1. The van der Waals surface area contributed by atoms with E-state index in [9.17, 15) is 13.6 Å². The maximum Gasteiger partial charge on any atom is 0.387 e. The van der Waals surface area contributed by atoms with Gasteiger partial charge in [0.05, 0.1) is 0 Å². The Balaban J connectivity index is 2.60. The molecule has 1 amide bonds. The minimum absolute atomic E-state index is 0.00793. The molecule has 0 fully saturated rings. The summed E-state index contributed by atoms with van der Waals surface area (Å²) in [5.74, 6) is 0.191. The predicted molar refractivity (Wildman–Crippen MR) is 69.0 cm³/mol. The van der Waals surface area contributed by atoms with Crippen molar-refractivity contribution in [1.29, 1.82) is 0 Å². The van der Waals surface area contributed by atoms with Crippen molar-refractivity contribution in [2.75, 3.05) is 7.05 Å². The number of hydrogen-bond donors (Lipinski definition) is 0. The van der Waals surface area contributed by atoms with Crippen LogP contribution in [0.25, 0.3) is 0 Å². The van der Waals surface area contributed by atoms with Crippen LogP contribution in [0.5, 0.6) is 5.75 Å². The molecular formula is C14H19F2NO2. The molecule has 0 saturated carbocycles. The number of amides is 1. The number of halogens is 2. The summed E-state index contributed by atoms with van der Waals surface area (Å²) in [6.07, 6.45) is 0.796. The molecule has 5 heteroatoms. The summed E-state index contributed by atoms with van der Waals surface area (Å²) >= 11 is 0. The number of nitrogens with zero attached hydrogens (tertiary/aromatic N) is 1. The van der Waals surface area contributed by atoms with Crippen molar-refractivity contribution < 1.29 is 18.3 Å². The monoisotopic (exact) mass is 271 g/mol. The van der Waals surface area contributed by atoms with Crippen LogP contribution in [-0.2, 0) is 11.3 Å². The Morgan fingerprint density at radius 2 is 1.89 bits per heavy atom. The Hall–Kier alpha value is -1.65. The van der Waals surface area contributed by atoms with E-state index in [1.807, 2.05) is 13.8 Å². The molecule has 1 atom stereocenters. The first-order chi connectivity index (χ1) is 8.93. The minimum atomic E-state index is -2.82. The fraction of sp³-hybridized carbons (Fsp3) is 0.500. The van der Waals surface area contributed by atoms with E-state index in [0.29, 0.717) is 6.54 Å². The first-order valence-corrected chi connectivity index (χ1v) is 6.22. The van der Waals surface area contributed by atoms with Crippen molar-refractivity contribution in [2.45, 2.75) is 33.4 Å². The van der Waals surface area contributed by atoms with E-state index in [-0.39, 0.29) is 17.6 Å². The van der Waals surface area contributed by atoms with Gasteiger partial charge in [-0.25, -0.2) is 0 Å². The highest BCUT2D eigenvalue weighted by atomic mass is 19.3. The minimum Gasteiger partial charge on any atom is -0.435 e. The summed E-state index contributed by atoms with van der Waals surface area (Å²) in [7, 11) is 1.73. The zero-order valence-corrected chi connectivity index (χ0v) is 11.4. The predicted octanol–water partition coefficient (Wildman–Crippen LogP) is 3.29. The van der Waals surface area contributed by atoms with Gasteiger partial charge in [0.15, 0.2) is 0 Å². The Bertz CT molecular complexity index is 406. The van der Waals surface area contributed by atoms with Gasteiger partial charge in [-0.15, -0.1) is 0 Å². The van der Waals surface area contributed by atoms with E-state index in [1.54, 1.807) is 24.1 Å². The third-order valence-corrected chi connectivity index (χ3v) is 2.98. The quantitative estimate of drug-likeness (QED) is 0.794. The smallest absolute Gasteiger partial charge is 0.387 e. The highest BCUT2D eigenvalue weighted by Gasteiger charge is 2.15. The second-order valence-electron chi connectivity index (χ2n) is 4.53. The van der Waals surface area contributed by atoms with Crippen LogP contribution >= 0.6 is 0 Å². The lowest BCUT2D eigenvalue weighted by molar-refractivity contribution is -0.134. The van der Waals surface area contributed by atoms with Gasteiger partial charge in [0.1, 0.15) is 5.75 Å². The average Bonchev–Trinajstić information content (AvgIpc) is 2.38. The van der Waals surface area contributed by atoms with Gasteiger partial charge in [-0.3, -0.25) is 4.79 Å². The maximum atomic E-state index is 12.0. The molecule has 0 N–H and O–H groups in total. The van der Waals surface area contributed by atoms with Crippen LogP contribution in [0.2, 0.25) is 0 Å². The molecule has 0 aromatic heterocycles. The number of ether oxygens (including phenoxy) is 1. The summed E-state index contributed by atoms with van der Waals surface area (Å²) < 4.78 is 28.2. The Morgan fingerprint density at radius 3 is 2.37 bits per heavy atom. The summed E-state index contributed by atoms with van der Waals surface area (Å²) in [6.45, 7) is 1.49. The fourth-order valence-corrected chi connectivity index (χ4v) is 1.68. The average molecular weight is 271 g/mol. The Morgan fingerprint density at radius 1 is 1.32 bits per heavy atom. The van der Waals surface area contributed by atoms with E-state index in [4.69, 9.17) is 0 Å². The number of benzene rings is 1. The summed E-state index contributed by atoms with van der Waals surface area (Å²) in [5.41, 5.74) is 0.876. The molecule has 0 heterocycles. The van der Waals surface area contributed by atoms with Crippen LogP contribution in [-0.4, -0.2) is 24.5 Å². The lowest BCUT2D eigenvalue weighted by Gasteiger charge is -2.20. The van der Waals surface area contributed by atoms with E-state index >= 15 is 0 Å². The number of carbonyl (C=O) groups excluding carboxylic acids is 1. The number of carbonyl (C=O) groups is 1. The molecule has 0 radical (unpaired) electrons. The molecule has 1 unspecified atom stereocenters. The molecule has 1 aromatic rings. The van der Waals surface area contributed by atoms with Crippen molar-refractivity contribution in [3.63, 3.8) is 0 Å². The molecule has 19 heavy (non-hydrogen) atoms. The molecular weight excluding hydrogens is 252 g/mol. The van der Waals surface area contributed by atoms with E-state index in [2.05, 4.69) is 4.74 Å². The van der Waals surface area contributed by atoms with E-state index < -0.39 is 6.61 Å². The van der Waals surface area contributed by atoms with Crippen molar-refractivity contribution in [3.8, 4) is 5.75 Å². The Labute approximate surface area is 112 Å². The standard InChI is InChI=1S/C14H19F2NO2/c1-4-10(2)13(18)17(3)9-11-5-7-12(8-6-11)19-14(15)16/h5-8,10,14H,4,9H2,1-3H3. The number of alkyl halides is 2. The highest BCUT2D eigenvalue weighted by Crippen LogP contribution is 2.16. The Kier molecular flexibility index (Phi) is 5.73. The third-order valence-electron chi connectivity index (χ3n) is 2.98. The molecule has 106 valence electrons. The molecule has 0 aliphatic rings. The molecule has 0 aliphatic heterocycles. The summed E-state index contributed by atoms with van der Waals surface area (Å²) in [5, 5.41) is 0. The highest BCUT2D eigenvalue weighted by molar-refractivity contribution is 5.78. The molecule has 0 bridgehead atoms. The van der Waals surface area contributed by atoms with Crippen molar-refractivity contribution in [3.05, 3.63) is 29.8 Å². The summed E-state index contributed by atoms with van der Waals surface area (Å²) in [4.78, 5) is 13.5. The summed E-state index contributed by atoms with van der Waals surface area (Å²) in [6, 6.07) is 6.31.